The Morgan fingerprint density at radius 2 is 1.93 bits per heavy atom. The molecule has 0 radical (unpaired) electrons. The molecule has 3 atom stereocenters. The molecule has 3 rings (SSSR count). The van der Waals surface area contributed by atoms with Crippen molar-refractivity contribution >= 4 is 17.8 Å². The van der Waals surface area contributed by atoms with Gasteiger partial charge in [-0.1, -0.05) is 70.9 Å². The van der Waals surface area contributed by atoms with Gasteiger partial charge in [0.2, 0.25) is 5.91 Å². The van der Waals surface area contributed by atoms with Crippen molar-refractivity contribution in [1.29, 1.82) is 0 Å². The third kappa shape index (κ3) is 4.62. The largest absolute Gasteiger partial charge is 0.348 e. The quantitative estimate of drug-likeness (QED) is 0.740. The summed E-state index contributed by atoms with van der Waals surface area (Å²) in [5.41, 5.74) is 0.195. The number of rotatable bonds is 5. The maximum absolute atomic E-state index is 13.1. The predicted octanol–water partition coefficient (Wildman–Crippen LogP) is 3.78. The van der Waals surface area contributed by atoms with Crippen molar-refractivity contribution in [3.63, 3.8) is 0 Å². The van der Waals surface area contributed by atoms with E-state index >= 15 is 0 Å². The van der Waals surface area contributed by atoms with Gasteiger partial charge in [-0.15, -0.1) is 0 Å². The van der Waals surface area contributed by atoms with Gasteiger partial charge in [0.15, 0.2) is 0 Å². The summed E-state index contributed by atoms with van der Waals surface area (Å²) in [6.07, 6.45) is 4.29. The Labute approximate surface area is 173 Å². The smallest absolute Gasteiger partial charge is 0.325 e. The summed E-state index contributed by atoms with van der Waals surface area (Å²) in [5.74, 6) is -0.484. The summed E-state index contributed by atoms with van der Waals surface area (Å²) in [6, 6.07) is 9.19. The molecule has 1 aliphatic carbocycles. The molecule has 0 aromatic heterocycles. The molecule has 1 saturated carbocycles. The number of carbonyl (C=O) groups is 3. The highest BCUT2D eigenvalue weighted by molar-refractivity contribution is 6.09. The van der Waals surface area contributed by atoms with Crippen LogP contribution in [0.5, 0.6) is 0 Å². The number of nitrogens with zero attached hydrogens (tertiary/aromatic N) is 1. The van der Waals surface area contributed by atoms with Crippen molar-refractivity contribution in [3.8, 4) is 0 Å². The normalized spacial score (nSPS) is 25.8. The van der Waals surface area contributed by atoms with Crippen LogP contribution in [0.2, 0.25) is 0 Å². The van der Waals surface area contributed by atoms with Crippen LogP contribution in [0, 0.1) is 11.3 Å². The van der Waals surface area contributed by atoms with Gasteiger partial charge in [0.05, 0.1) is 6.04 Å². The number of nitrogens with one attached hydrogen (secondary N) is 2. The zero-order valence-electron chi connectivity index (χ0n) is 18.0. The Morgan fingerprint density at radius 1 is 1.24 bits per heavy atom. The second-order valence-corrected chi connectivity index (χ2v) is 9.74. The number of benzene rings is 1. The van der Waals surface area contributed by atoms with Crippen LogP contribution < -0.4 is 10.6 Å². The van der Waals surface area contributed by atoms with Crippen LogP contribution in [-0.2, 0) is 9.59 Å². The summed E-state index contributed by atoms with van der Waals surface area (Å²) in [6.45, 7) is 8.14. The lowest BCUT2D eigenvalue weighted by atomic mass is 9.73. The number of amides is 4. The van der Waals surface area contributed by atoms with Crippen LogP contribution in [0.3, 0.4) is 0 Å². The van der Waals surface area contributed by atoms with E-state index in [2.05, 4.69) is 31.4 Å². The zero-order valence-corrected chi connectivity index (χ0v) is 18.0. The van der Waals surface area contributed by atoms with E-state index in [0.717, 1.165) is 36.1 Å². The minimum Gasteiger partial charge on any atom is -0.348 e. The second-order valence-electron chi connectivity index (χ2n) is 9.74. The van der Waals surface area contributed by atoms with Crippen LogP contribution in [0.1, 0.15) is 71.4 Å². The molecule has 1 heterocycles. The van der Waals surface area contributed by atoms with Crippen molar-refractivity contribution in [1.82, 2.24) is 15.5 Å². The molecule has 158 valence electrons. The van der Waals surface area contributed by atoms with E-state index in [-0.39, 0.29) is 35.7 Å². The van der Waals surface area contributed by atoms with Crippen molar-refractivity contribution in [3.05, 3.63) is 35.9 Å². The number of hydrogen-bond donors (Lipinski definition) is 2. The Hall–Kier alpha value is -2.37. The lowest BCUT2D eigenvalue weighted by Gasteiger charge is -2.36. The van der Waals surface area contributed by atoms with Gasteiger partial charge in [-0.2, -0.15) is 0 Å². The number of hydrogen-bond acceptors (Lipinski definition) is 3. The lowest BCUT2D eigenvalue weighted by Crippen LogP contribution is -2.54. The standard InChI is InChI=1S/C23H33N3O3/c1-16-10-8-9-13-23(16)20(28)26(21(29)25-23)15-19(27)24-18(14-22(2,3)4)17-11-6-5-7-12-17/h5-7,11-12,16,18H,8-10,13-15H2,1-4H3,(H,24,27)(H,25,29). The van der Waals surface area contributed by atoms with Crippen LogP contribution in [0.4, 0.5) is 4.79 Å². The molecular weight excluding hydrogens is 366 g/mol. The third-order valence-corrected chi connectivity index (χ3v) is 6.16. The van der Waals surface area contributed by atoms with Crippen molar-refractivity contribution in [2.75, 3.05) is 6.54 Å². The molecule has 6 nitrogen and oxygen atoms in total. The summed E-state index contributed by atoms with van der Waals surface area (Å²) in [7, 11) is 0. The zero-order chi connectivity index (χ0) is 21.2. The lowest BCUT2D eigenvalue weighted by molar-refractivity contribution is -0.137. The van der Waals surface area contributed by atoms with E-state index in [9.17, 15) is 14.4 Å². The van der Waals surface area contributed by atoms with Crippen LogP contribution in [0.15, 0.2) is 30.3 Å². The number of carbonyl (C=O) groups excluding carboxylic acids is 3. The maximum Gasteiger partial charge on any atom is 0.325 e. The topological polar surface area (TPSA) is 78.5 Å². The van der Waals surface area contributed by atoms with Gasteiger partial charge in [-0.25, -0.2) is 4.79 Å². The molecule has 0 bridgehead atoms. The van der Waals surface area contributed by atoms with E-state index in [1.165, 1.54) is 0 Å². The molecule has 1 aliphatic heterocycles. The van der Waals surface area contributed by atoms with Crippen molar-refractivity contribution in [2.24, 2.45) is 11.3 Å². The first-order valence-electron chi connectivity index (χ1n) is 10.6. The molecule has 1 spiro atoms. The third-order valence-electron chi connectivity index (χ3n) is 6.16. The summed E-state index contributed by atoms with van der Waals surface area (Å²) < 4.78 is 0. The second kappa shape index (κ2) is 8.17. The van der Waals surface area contributed by atoms with Crippen LogP contribution in [-0.4, -0.2) is 34.8 Å². The molecule has 1 aromatic carbocycles. The summed E-state index contributed by atoms with van der Waals surface area (Å²) in [5, 5.41) is 5.95. The van der Waals surface area contributed by atoms with Gasteiger partial charge in [0, 0.05) is 0 Å². The fourth-order valence-electron chi connectivity index (χ4n) is 4.57. The number of imide groups is 1. The van der Waals surface area contributed by atoms with Crippen LogP contribution >= 0.6 is 0 Å². The first kappa shape index (κ1) is 21.3. The van der Waals surface area contributed by atoms with Gasteiger partial charge in [-0.05, 0) is 36.2 Å². The van der Waals surface area contributed by atoms with E-state index in [1.54, 1.807) is 0 Å². The highest BCUT2D eigenvalue weighted by Crippen LogP contribution is 2.38. The van der Waals surface area contributed by atoms with E-state index in [0.29, 0.717) is 6.42 Å². The Balaban J connectivity index is 1.71. The highest BCUT2D eigenvalue weighted by Gasteiger charge is 2.55. The summed E-state index contributed by atoms with van der Waals surface area (Å²) in [4.78, 5) is 39.5. The molecule has 2 N–H and O–H groups in total. The van der Waals surface area contributed by atoms with Crippen molar-refractivity contribution in [2.45, 2.75) is 71.4 Å². The van der Waals surface area contributed by atoms with Gasteiger partial charge >= 0.3 is 6.03 Å². The maximum atomic E-state index is 13.1. The molecule has 1 saturated heterocycles. The molecule has 1 aromatic rings. The first-order valence-corrected chi connectivity index (χ1v) is 10.6. The average molecular weight is 400 g/mol. The molecule has 6 heteroatoms. The van der Waals surface area contributed by atoms with E-state index in [1.807, 2.05) is 37.3 Å². The SMILES string of the molecule is CC1CCCCC12NC(=O)N(CC(=O)NC(CC(C)(C)C)c1ccccc1)C2=O. The average Bonchev–Trinajstić information content (AvgIpc) is 2.88. The monoisotopic (exact) mass is 399 g/mol. The Morgan fingerprint density at radius 3 is 2.55 bits per heavy atom. The molecule has 2 aliphatic rings. The van der Waals surface area contributed by atoms with Gasteiger partial charge < -0.3 is 10.6 Å². The van der Waals surface area contributed by atoms with Gasteiger partial charge in [0.25, 0.3) is 5.91 Å². The van der Waals surface area contributed by atoms with E-state index in [4.69, 9.17) is 0 Å². The molecule has 3 unspecified atom stereocenters. The molecule has 4 amide bonds. The number of urea groups is 1. The molecule has 29 heavy (non-hydrogen) atoms. The fourth-order valence-corrected chi connectivity index (χ4v) is 4.57. The van der Waals surface area contributed by atoms with Crippen LogP contribution in [0.25, 0.3) is 0 Å². The molecular formula is C23H33N3O3. The fraction of sp³-hybridized carbons (Fsp3) is 0.609. The Bertz CT molecular complexity index is 771. The van der Waals surface area contributed by atoms with E-state index < -0.39 is 11.6 Å². The minimum atomic E-state index is -0.833. The predicted molar refractivity (Wildman–Crippen MR) is 112 cm³/mol. The van der Waals surface area contributed by atoms with Gasteiger partial charge in [0.1, 0.15) is 12.1 Å². The van der Waals surface area contributed by atoms with Gasteiger partial charge in [-0.3, -0.25) is 14.5 Å². The summed E-state index contributed by atoms with van der Waals surface area (Å²) >= 11 is 0. The first-order chi connectivity index (χ1) is 13.6. The van der Waals surface area contributed by atoms with Crippen molar-refractivity contribution < 1.29 is 14.4 Å². The minimum absolute atomic E-state index is 0.0101. The Kier molecular flexibility index (Phi) is 6.01. The highest BCUT2D eigenvalue weighted by atomic mass is 16.2. The molecule has 2 fully saturated rings.